The summed E-state index contributed by atoms with van der Waals surface area (Å²) < 4.78 is 18.4. The highest BCUT2D eigenvalue weighted by Gasteiger charge is 2.45. The van der Waals surface area contributed by atoms with Crippen LogP contribution in [0.15, 0.2) is 89.0 Å². The molecule has 4 saturated heterocycles. The van der Waals surface area contributed by atoms with Crippen molar-refractivity contribution in [3.8, 4) is 39.2 Å². The molecule has 2 bridgehead atoms. The SMILES string of the molecule is Cc1ncsc1-c1ccc([C@H](C)NC(=O)[C@@H]2C[C@@H](O)CN2C(=O)[C@@H](c2cc(OCC[C@H]3CCN(CC4CC(Oc5cc(N6C7CCC6CN(c6cc(-c8ccccc8O)nnc6N)C7)ccn5)C4)[C@@H](C)C3)no2)C(C)C)cc1. The first-order valence-corrected chi connectivity index (χ1v) is 28.8. The van der Waals surface area contributed by atoms with Crippen LogP contribution in [0.25, 0.3) is 21.7 Å². The zero-order valence-corrected chi connectivity index (χ0v) is 46.1. The van der Waals surface area contributed by atoms with Gasteiger partial charge in [0.2, 0.25) is 17.7 Å². The molecule has 78 heavy (non-hydrogen) atoms. The van der Waals surface area contributed by atoms with Crippen molar-refractivity contribution in [3.63, 3.8) is 0 Å². The van der Waals surface area contributed by atoms with Crippen molar-refractivity contribution < 1.29 is 33.8 Å². The number of hydrogen-bond acceptors (Lipinski definition) is 17. The number of carbonyl (C=O) groups is 2. The lowest BCUT2D eigenvalue weighted by Gasteiger charge is -2.44. The summed E-state index contributed by atoms with van der Waals surface area (Å²) in [6.45, 7) is 14.4. The Morgan fingerprint density at radius 2 is 1.69 bits per heavy atom. The summed E-state index contributed by atoms with van der Waals surface area (Å²) in [5.41, 5.74) is 14.5. The van der Waals surface area contributed by atoms with E-state index in [-0.39, 0.29) is 48.6 Å². The van der Waals surface area contributed by atoms with E-state index in [0.29, 0.717) is 71.2 Å². The van der Waals surface area contributed by atoms with E-state index >= 15 is 0 Å². The fraction of sp³-hybridized carbons (Fsp3) is 0.508. The molecule has 5 N–H and O–H groups in total. The number of amides is 2. The Morgan fingerprint density at radius 1 is 0.910 bits per heavy atom. The van der Waals surface area contributed by atoms with Crippen LogP contribution in [0, 0.1) is 24.7 Å². The minimum atomic E-state index is -0.821. The quantitative estimate of drug-likeness (QED) is 0.0634. The van der Waals surface area contributed by atoms with Gasteiger partial charge in [-0.25, -0.2) is 9.97 Å². The summed E-state index contributed by atoms with van der Waals surface area (Å²) in [7, 11) is 0. The second-order valence-electron chi connectivity index (χ2n) is 22.8. The molecule has 0 radical (unpaired) electrons. The second-order valence-corrected chi connectivity index (χ2v) is 23.7. The molecular formula is C59H73N11O7S. The number of thiazole rings is 1. The minimum absolute atomic E-state index is 0.0623. The van der Waals surface area contributed by atoms with E-state index in [1.807, 2.05) is 81.9 Å². The molecule has 5 aliphatic rings. The number of β-amino-alcohol motifs (C(OH)–C–C–N with tert-alkyl or cyclic N) is 1. The lowest BCUT2D eigenvalue weighted by molar-refractivity contribution is -0.141. The zero-order valence-electron chi connectivity index (χ0n) is 45.3. The molecule has 11 rings (SSSR count). The van der Waals surface area contributed by atoms with E-state index in [4.69, 9.17) is 19.7 Å². The molecule has 8 atom stereocenters. The third-order valence-corrected chi connectivity index (χ3v) is 18.1. The third-order valence-electron chi connectivity index (χ3n) is 17.1. The van der Waals surface area contributed by atoms with Crippen molar-refractivity contribution in [3.05, 3.63) is 102 Å². The number of nitrogens with one attached hydrogen (secondary N) is 1. The van der Waals surface area contributed by atoms with Crippen molar-refractivity contribution in [2.45, 2.75) is 134 Å². The number of nitrogens with zero attached hydrogens (tertiary/aromatic N) is 9. The van der Waals surface area contributed by atoms with Gasteiger partial charge >= 0.3 is 0 Å². The molecule has 4 aliphatic heterocycles. The van der Waals surface area contributed by atoms with E-state index < -0.39 is 18.1 Å². The summed E-state index contributed by atoms with van der Waals surface area (Å²) >= 11 is 1.60. The first-order chi connectivity index (χ1) is 37.7. The number of aromatic hydroxyl groups is 1. The largest absolute Gasteiger partial charge is 0.507 e. The molecule has 19 heteroatoms. The standard InChI is InChI=1S/C59H73N11O7S/c1-34(2)55(59(74)69-32-45(71)26-50(69)58(73)63-36(4)40-10-12-41(13-11-40)56-37(5)62-33-78-56)52-28-54(66-77-52)75-21-18-38-17-20-67(35(3)22-38)29-39-23-46(24-39)76-53-25-42(16-19-61-53)70-43-14-15-44(70)31-68(30-43)49-27-48(64-65-57(49)60)47-8-6-7-9-51(47)72/h6-13,16,19,25,27-28,33-36,38-39,43-46,50,55,71-72H,14-15,17-18,20-24,26,29-32H2,1-5H3,(H2,60,65)(H,63,73)/t35-,36-,38+,39?,43?,44?,45+,46?,50-,55+/m0/s1. The van der Waals surface area contributed by atoms with Crippen molar-refractivity contribution in [2.75, 3.05) is 54.9 Å². The van der Waals surface area contributed by atoms with Gasteiger partial charge in [-0.05, 0) is 131 Å². The van der Waals surface area contributed by atoms with Crippen LogP contribution in [0.4, 0.5) is 17.2 Å². The highest BCUT2D eigenvalue weighted by atomic mass is 32.1. The molecule has 8 heterocycles. The van der Waals surface area contributed by atoms with Gasteiger partial charge in [-0.3, -0.25) is 9.59 Å². The number of ether oxygens (including phenoxy) is 2. The number of anilines is 3. The molecule has 5 fully saturated rings. The Bertz CT molecular complexity index is 3040. The smallest absolute Gasteiger partial charge is 0.254 e. The number of piperidine rings is 1. The normalized spacial score (nSPS) is 25.0. The van der Waals surface area contributed by atoms with E-state index in [9.17, 15) is 19.8 Å². The monoisotopic (exact) mass is 1080 g/mol. The van der Waals surface area contributed by atoms with Crippen LogP contribution in [0.1, 0.15) is 108 Å². The number of nitrogens with two attached hydrogens (primary N) is 1. The van der Waals surface area contributed by atoms with Gasteiger partial charge in [0.05, 0.1) is 46.2 Å². The van der Waals surface area contributed by atoms with E-state index in [0.717, 1.165) is 104 Å². The third kappa shape index (κ3) is 11.4. The number of fused-ring (bicyclic) bond motifs is 2. The molecule has 1 aliphatic carbocycles. The fourth-order valence-electron chi connectivity index (χ4n) is 12.8. The number of benzene rings is 2. The number of pyridine rings is 1. The highest BCUT2D eigenvalue weighted by molar-refractivity contribution is 7.13. The first kappa shape index (κ1) is 53.2. The van der Waals surface area contributed by atoms with Crippen LogP contribution in [0.2, 0.25) is 0 Å². The average Bonchev–Trinajstić information content (AvgIpc) is 4.34. The lowest BCUT2D eigenvalue weighted by atomic mass is 9.80. The minimum Gasteiger partial charge on any atom is -0.507 e. The maximum atomic E-state index is 14.3. The molecule has 6 aromatic rings. The van der Waals surface area contributed by atoms with Crippen molar-refractivity contribution in [1.29, 1.82) is 0 Å². The number of phenols is 1. The molecular weight excluding hydrogens is 1010 g/mol. The number of phenolic OH excluding ortho intramolecular Hbond substituents is 1. The Morgan fingerprint density at radius 3 is 2.42 bits per heavy atom. The van der Waals surface area contributed by atoms with E-state index in [2.05, 4.69) is 64.4 Å². The number of piperazine rings is 1. The van der Waals surface area contributed by atoms with Gasteiger partial charge in [0.1, 0.15) is 23.8 Å². The Hall–Kier alpha value is -6.83. The van der Waals surface area contributed by atoms with E-state index in [1.54, 1.807) is 29.5 Å². The number of carbonyl (C=O) groups excluding carboxylic acids is 2. The Balaban J connectivity index is 0.610. The number of hydrogen-bond donors (Lipinski definition) is 4. The predicted octanol–water partition coefficient (Wildman–Crippen LogP) is 8.41. The molecule has 0 spiro atoms. The van der Waals surface area contributed by atoms with Gasteiger partial charge in [-0.15, -0.1) is 21.5 Å². The van der Waals surface area contributed by atoms with Crippen LogP contribution in [-0.2, 0) is 9.59 Å². The molecule has 1 saturated carbocycles. The Labute approximate surface area is 460 Å². The van der Waals surface area contributed by atoms with Gasteiger partial charge in [-0.1, -0.05) is 50.2 Å². The number of para-hydroxylation sites is 1. The van der Waals surface area contributed by atoms with Crippen LogP contribution in [-0.4, -0.2) is 133 Å². The first-order valence-electron chi connectivity index (χ1n) is 27.9. The van der Waals surface area contributed by atoms with Crippen LogP contribution in [0.3, 0.4) is 0 Å². The summed E-state index contributed by atoms with van der Waals surface area (Å²) in [4.78, 5) is 47.2. The van der Waals surface area contributed by atoms with Crippen LogP contribution in [0.5, 0.6) is 17.5 Å². The fourth-order valence-corrected chi connectivity index (χ4v) is 13.6. The molecule has 2 aromatic carbocycles. The van der Waals surface area contributed by atoms with Crippen LogP contribution >= 0.6 is 11.3 Å². The predicted molar refractivity (Wildman–Crippen MR) is 299 cm³/mol. The topological polar surface area (TPSA) is 222 Å². The van der Waals surface area contributed by atoms with Gasteiger partial charge in [-0.2, -0.15) is 0 Å². The van der Waals surface area contributed by atoms with Gasteiger partial charge in [0.25, 0.3) is 5.88 Å². The van der Waals surface area contributed by atoms with Crippen LogP contribution < -0.4 is 30.3 Å². The van der Waals surface area contributed by atoms with Gasteiger partial charge in [0.15, 0.2) is 11.6 Å². The molecule has 412 valence electrons. The average molecular weight is 1080 g/mol. The Kier molecular flexibility index (Phi) is 15.6. The summed E-state index contributed by atoms with van der Waals surface area (Å²) in [5, 5.41) is 37.1. The number of likely N-dealkylation sites (tertiary alicyclic amines) is 2. The number of aromatic nitrogens is 5. The zero-order chi connectivity index (χ0) is 54.2. The number of aliphatic hydroxyl groups excluding tert-OH is 1. The molecule has 4 aromatic heterocycles. The van der Waals surface area contributed by atoms with E-state index in [1.165, 1.54) is 4.90 Å². The van der Waals surface area contributed by atoms with Crippen molar-refractivity contribution >= 4 is 40.3 Å². The maximum absolute atomic E-state index is 14.3. The summed E-state index contributed by atoms with van der Waals surface area (Å²) in [6.07, 6.45) is 8.65. The number of nitrogen functional groups attached to an aromatic ring is 1. The highest BCUT2D eigenvalue weighted by Crippen LogP contribution is 2.41. The second kappa shape index (κ2) is 22.9. The summed E-state index contributed by atoms with van der Waals surface area (Å²) in [6, 6.07) is 23.0. The lowest BCUT2D eigenvalue weighted by Crippen LogP contribution is -2.54. The van der Waals surface area contributed by atoms with Crippen molar-refractivity contribution in [1.82, 2.24) is 40.4 Å². The maximum Gasteiger partial charge on any atom is 0.254 e. The summed E-state index contributed by atoms with van der Waals surface area (Å²) in [5.74, 6) is 1.62. The number of aryl methyl sites for hydroxylation is 1. The molecule has 2 unspecified atom stereocenters. The van der Waals surface area contributed by atoms with Gasteiger partial charge < -0.3 is 54.9 Å². The number of rotatable bonds is 18. The molecule has 18 nitrogen and oxygen atoms in total. The van der Waals surface area contributed by atoms with Gasteiger partial charge in [0, 0.05) is 80.3 Å². The number of aliphatic hydroxyl groups is 1. The van der Waals surface area contributed by atoms with Crippen molar-refractivity contribution in [2.24, 2.45) is 17.8 Å². The molecule has 2 amide bonds.